The summed E-state index contributed by atoms with van der Waals surface area (Å²) in [6.07, 6.45) is 2.86. The van der Waals surface area contributed by atoms with Crippen molar-refractivity contribution in [3.05, 3.63) is 53.1 Å². The molecule has 38 heavy (non-hydrogen) atoms. The van der Waals surface area contributed by atoms with E-state index in [1.165, 1.54) is 6.07 Å². The highest BCUT2D eigenvalue weighted by molar-refractivity contribution is 7.92. The third-order valence-corrected chi connectivity index (χ3v) is 8.07. The highest BCUT2D eigenvalue weighted by Gasteiger charge is 2.25. The van der Waals surface area contributed by atoms with Gasteiger partial charge in [-0.3, -0.25) is 9.82 Å². The number of aromatic nitrogens is 5. The maximum Gasteiger partial charge on any atom is 0.279 e. The largest absolute Gasteiger partial charge is 0.474 e. The van der Waals surface area contributed by atoms with Crippen molar-refractivity contribution in [2.45, 2.75) is 50.8 Å². The number of nitrogens with one attached hydrogen (secondary N) is 2. The van der Waals surface area contributed by atoms with E-state index in [9.17, 15) is 12.8 Å². The van der Waals surface area contributed by atoms with Crippen LogP contribution in [0.15, 0.2) is 41.6 Å². The summed E-state index contributed by atoms with van der Waals surface area (Å²) < 4.78 is 47.5. The zero-order chi connectivity index (χ0) is 27.0. The number of halogens is 2. The first-order valence-corrected chi connectivity index (χ1v) is 14.0. The minimum Gasteiger partial charge on any atom is -0.474 e. The van der Waals surface area contributed by atoms with Crippen LogP contribution < -0.4 is 9.46 Å². The van der Waals surface area contributed by atoms with Gasteiger partial charge in [-0.25, -0.2) is 14.4 Å². The Morgan fingerprint density at radius 3 is 2.63 bits per heavy atom. The molecule has 5 rings (SSSR count). The molecule has 1 aliphatic heterocycles. The molecule has 0 atom stereocenters. The molecule has 0 saturated carbocycles. The van der Waals surface area contributed by atoms with Crippen LogP contribution in [0.25, 0.3) is 22.4 Å². The van der Waals surface area contributed by atoms with Gasteiger partial charge >= 0.3 is 0 Å². The van der Waals surface area contributed by atoms with Gasteiger partial charge in [0.15, 0.2) is 16.5 Å². The Balaban J connectivity index is 1.42. The number of sulfonamides is 1. The zero-order valence-electron chi connectivity index (χ0n) is 21.1. The first-order valence-electron chi connectivity index (χ1n) is 12.2. The second-order valence-electron chi connectivity index (χ2n) is 9.46. The van der Waals surface area contributed by atoms with Crippen LogP contribution in [-0.2, 0) is 10.0 Å². The average Bonchev–Trinajstić information content (AvgIpc) is 3.26. The van der Waals surface area contributed by atoms with E-state index in [4.69, 9.17) is 21.3 Å². The summed E-state index contributed by atoms with van der Waals surface area (Å²) in [6, 6.07) is 7.05. The summed E-state index contributed by atoms with van der Waals surface area (Å²) >= 11 is 6.43. The summed E-state index contributed by atoms with van der Waals surface area (Å²) in [6.45, 7) is 8.17. The van der Waals surface area contributed by atoms with Crippen LogP contribution in [0.2, 0.25) is 5.02 Å². The minimum atomic E-state index is -4.15. The summed E-state index contributed by atoms with van der Waals surface area (Å²) in [5.41, 5.74) is 1.91. The predicted octanol–water partition coefficient (Wildman–Crippen LogP) is 4.57. The number of hydrogen-bond acceptors (Lipinski definition) is 8. The Hall–Kier alpha value is -3.35. The fourth-order valence-corrected chi connectivity index (χ4v) is 5.70. The third kappa shape index (κ3) is 5.42. The van der Waals surface area contributed by atoms with E-state index in [-0.39, 0.29) is 16.8 Å². The molecule has 0 radical (unpaired) electrons. The summed E-state index contributed by atoms with van der Waals surface area (Å²) in [5.74, 6) is 0.0607. The molecule has 1 aliphatic rings. The van der Waals surface area contributed by atoms with E-state index in [0.29, 0.717) is 29.0 Å². The number of benzene rings is 1. The van der Waals surface area contributed by atoms with Crippen LogP contribution in [0.1, 0.15) is 32.4 Å². The van der Waals surface area contributed by atoms with Gasteiger partial charge in [-0.05, 0) is 57.9 Å². The van der Waals surface area contributed by atoms with Crippen molar-refractivity contribution in [3.63, 3.8) is 0 Å². The number of hydrogen-bond donors (Lipinski definition) is 2. The molecule has 2 N–H and O–H groups in total. The van der Waals surface area contributed by atoms with Crippen molar-refractivity contribution >= 4 is 38.3 Å². The molecule has 0 bridgehead atoms. The first-order chi connectivity index (χ1) is 18.1. The Kier molecular flexibility index (Phi) is 7.21. The normalized spacial score (nSPS) is 15.3. The number of rotatable bonds is 7. The first kappa shape index (κ1) is 26.3. The lowest BCUT2D eigenvalue weighted by Gasteiger charge is -2.34. The quantitative estimate of drug-likeness (QED) is 0.337. The number of anilines is 1. The topological polar surface area (TPSA) is 126 Å². The van der Waals surface area contributed by atoms with Gasteiger partial charge in [0.25, 0.3) is 10.0 Å². The molecule has 0 amide bonds. The number of aryl methyl sites for hydroxylation is 1. The van der Waals surface area contributed by atoms with Crippen LogP contribution in [0, 0.1) is 12.7 Å². The summed E-state index contributed by atoms with van der Waals surface area (Å²) in [5, 5.41) is 7.61. The van der Waals surface area contributed by atoms with E-state index >= 15 is 0 Å². The smallest absolute Gasteiger partial charge is 0.279 e. The average molecular weight is 560 g/mol. The van der Waals surface area contributed by atoms with E-state index in [2.05, 4.69) is 43.6 Å². The van der Waals surface area contributed by atoms with Crippen molar-refractivity contribution in [2.75, 3.05) is 17.8 Å². The van der Waals surface area contributed by atoms with Crippen molar-refractivity contribution in [1.29, 1.82) is 0 Å². The lowest BCUT2D eigenvalue weighted by atomic mass is 10.1. The number of piperidine rings is 1. The Morgan fingerprint density at radius 1 is 1.18 bits per heavy atom. The standard InChI is InChI=1S/C25H27ClFN7O3S/c1-14(2)34-10-7-18(8-11-34)37-25-22-15(3)31-32-24(22)29-23(30-25)16-4-5-20(19(26)12-16)33-38(35,36)21-13-17(27)6-9-28-21/h4-6,9,12-14,18,33H,7-8,10-11H2,1-3H3,(H,29,30,31,32). The third-order valence-electron chi connectivity index (χ3n) is 6.49. The predicted molar refractivity (Wildman–Crippen MR) is 142 cm³/mol. The molecule has 0 aliphatic carbocycles. The van der Waals surface area contributed by atoms with Gasteiger partial charge in [-0.2, -0.15) is 18.5 Å². The maximum atomic E-state index is 13.5. The van der Waals surface area contributed by atoms with Gasteiger partial charge in [0.2, 0.25) is 5.88 Å². The number of likely N-dealkylation sites (tertiary alicyclic amines) is 1. The second kappa shape index (κ2) is 10.4. The zero-order valence-corrected chi connectivity index (χ0v) is 22.6. The summed E-state index contributed by atoms with van der Waals surface area (Å²) in [4.78, 5) is 15.4. The van der Waals surface area contributed by atoms with Crippen molar-refractivity contribution < 1.29 is 17.5 Å². The molecule has 0 unspecified atom stereocenters. The number of nitrogens with zero attached hydrogens (tertiary/aromatic N) is 5. The van der Waals surface area contributed by atoms with E-state index in [1.807, 2.05) is 6.92 Å². The molecule has 3 aromatic heterocycles. The molecule has 4 heterocycles. The molecular formula is C25H27ClFN7O3S. The Bertz CT molecular complexity index is 1590. The highest BCUT2D eigenvalue weighted by atomic mass is 35.5. The van der Waals surface area contributed by atoms with Gasteiger partial charge in [0.05, 0.1) is 10.7 Å². The fraction of sp³-hybridized carbons (Fsp3) is 0.360. The summed E-state index contributed by atoms with van der Waals surface area (Å²) in [7, 11) is -4.15. The molecule has 10 nitrogen and oxygen atoms in total. The molecular weight excluding hydrogens is 533 g/mol. The molecule has 200 valence electrons. The highest BCUT2D eigenvalue weighted by Crippen LogP contribution is 2.33. The molecule has 1 saturated heterocycles. The monoisotopic (exact) mass is 559 g/mol. The van der Waals surface area contributed by atoms with E-state index in [0.717, 1.165) is 55.3 Å². The van der Waals surface area contributed by atoms with Gasteiger partial charge in [0, 0.05) is 42.7 Å². The fourth-order valence-electron chi connectivity index (χ4n) is 4.38. The Morgan fingerprint density at radius 2 is 1.95 bits per heavy atom. The van der Waals surface area contributed by atoms with Gasteiger partial charge in [-0.15, -0.1) is 0 Å². The lowest BCUT2D eigenvalue weighted by molar-refractivity contribution is 0.0824. The SMILES string of the molecule is Cc1[nH]nc2nc(-c3ccc(NS(=O)(=O)c4cc(F)ccn4)c(Cl)c3)nc(OC3CCN(C(C)C)CC3)c12. The van der Waals surface area contributed by atoms with E-state index < -0.39 is 20.9 Å². The molecule has 13 heteroatoms. The minimum absolute atomic E-state index is 0.0158. The van der Waals surface area contributed by atoms with Crippen molar-refractivity contribution in [2.24, 2.45) is 0 Å². The van der Waals surface area contributed by atoms with E-state index in [1.54, 1.807) is 12.1 Å². The van der Waals surface area contributed by atoms with Crippen LogP contribution in [-0.4, -0.2) is 63.7 Å². The number of fused-ring (bicyclic) bond motifs is 1. The number of pyridine rings is 1. The van der Waals surface area contributed by atoms with Crippen LogP contribution in [0.5, 0.6) is 5.88 Å². The van der Waals surface area contributed by atoms with Gasteiger partial charge in [-0.1, -0.05) is 11.6 Å². The lowest BCUT2D eigenvalue weighted by Crippen LogP contribution is -2.41. The second-order valence-corrected chi connectivity index (χ2v) is 11.5. The number of aromatic amines is 1. The maximum absolute atomic E-state index is 13.5. The van der Waals surface area contributed by atoms with Crippen LogP contribution in [0.4, 0.5) is 10.1 Å². The number of ether oxygens (including phenoxy) is 1. The Labute approximate surface area is 224 Å². The number of H-pyrrole nitrogens is 1. The van der Waals surface area contributed by atoms with Crippen molar-refractivity contribution in [3.8, 4) is 17.3 Å². The molecule has 1 fully saturated rings. The van der Waals surface area contributed by atoms with Gasteiger partial charge in [0.1, 0.15) is 17.3 Å². The van der Waals surface area contributed by atoms with Crippen LogP contribution in [0.3, 0.4) is 0 Å². The van der Waals surface area contributed by atoms with Crippen molar-refractivity contribution in [1.82, 2.24) is 30.0 Å². The van der Waals surface area contributed by atoms with Gasteiger partial charge < -0.3 is 9.64 Å². The molecule has 0 spiro atoms. The molecule has 1 aromatic carbocycles. The van der Waals surface area contributed by atoms with Crippen LogP contribution >= 0.6 is 11.6 Å². The molecule has 4 aromatic rings.